The molecule has 0 aliphatic carbocycles. The maximum absolute atomic E-state index is 5.30. The highest BCUT2D eigenvalue weighted by atomic mass is 15.1. The summed E-state index contributed by atoms with van der Waals surface area (Å²) in [6.45, 7) is 0. The van der Waals surface area contributed by atoms with Gasteiger partial charge >= 0.3 is 0 Å². The van der Waals surface area contributed by atoms with Gasteiger partial charge in [-0.3, -0.25) is 9.97 Å². The molecule has 0 fully saturated rings. The Balaban J connectivity index is 0.996. The van der Waals surface area contributed by atoms with Crippen molar-refractivity contribution in [2.24, 2.45) is 0 Å². The van der Waals surface area contributed by atoms with Crippen molar-refractivity contribution < 1.29 is 0 Å². The van der Waals surface area contributed by atoms with Gasteiger partial charge in [0, 0.05) is 56.1 Å². The molecular weight excluding hydrogens is 699 g/mol. The summed E-state index contributed by atoms with van der Waals surface area (Å²) in [5.41, 5.74) is 10.9. The third-order valence-corrected chi connectivity index (χ3v) is 10.6. The van der Waals surface area contributed by atoms with Crippen LogP contribution in [0.5, 0.6) is 0 Å². The zero-order valence-corrected chi connectivity index (χ0v) is 30.5. The largest absolute Gasteiger partial charge is 0.309 e. The van der Waals surface area contributed by atoms with Gasteiger partial charge in [-0.2, -0.15) is 0 Å². The minimum atomic E-state index is 0.499. The van der Waals surface area contributed by atoms with Gasteiger partial charge < -0.3 is 4.57 Å². The van der Waals surface area contributed by atoms with Gasteiger partial charge in [-0.1, -0.05) is 121 Å². The van der Waals surface area contributed by atoms with E-state index in [1.165, 1.54) is 27.2 Å². The Kier molecular flexibility index (Phi) is 7.67. The van der Waals surface area contributed by atoms with Crippen LogP contribution in [-0.4, -0.2) is 34.5 Å². The highest BCUT2D eigenvalue weighted by molar-refractivity contribution is 6.29. The Morgan fingerprint density at radius 2 is 0.895 bits per heavy atom. The van der Waals surface area contributed by atoms with Crippen molar-refractivity contribution in [3.63, 3.8) is 0 Å². The molecule has 7 heteroatoms. The molecule has 0 bridgehead atoms. The van der Waals surface area contributed by atoms with Gasteiger partial charge in [-0.25, -0.2) is 19.9 Å². The van der Waals surface area contributed by atoms with Crippen LogP contribution in [0.3, 0.4) is 0 Å². The lowest BCUT2D eigenvalue weighted by Gasteiger charge is -2.13. The van der Waals surface area contributed by atoms with E-state index in [2.05, 4.69) is 154 Å². The van der Waals surface area contributed by atoms with E-state index < -0.39 is 0 Å². The summed E-state index contributed by atoms with van der Waals surface area (Å²) in [7, 11) is 0. The molecule has 0 radical (unpaired) electrons. The average Bonchev–Trinajstić information content (AvgIpc) is 3.64. The van der Waals surface area contributed by atoms with Gasteiger partial charge in [0.1, 0.15) is 11.4 Å². The minimum Gasteiger partial charge on any atom is -0.309 e. The van der Waals surface area contributed by atoms with Crippen molar-refractivity contribution in [2.45, 2.75) is 0 Å². The molecule has 0 amide bonds. The van der Waals surface area contributed by atoms with Crippen LogP contribution in [0.4, 0.5) is 0 Å². The first kappa shape index (κ1) is 32.5. The van der Waals surface area contributed by atoms with Crippen LogP contribution in [0.25, 0.3) is 106 Å². The van der Waals surface area contributed by atoms with Crippen molar-refractivity contribution in [3.05, 3.63) is 188 Å². The molecular formula is C50H31N7. The molecule has 0 spiro atoms. The molecule has 266 valence electrons. The summed E-state index contributed by atoms with van der Waals surface area (Å²) in [4.78, 5) is 28.7. The monoisotopic (exact) mass is 729 g/mol. The van der Waals surface area contributed by atoms with E-state index in [9.17, 15) is 0 Å². The molecule has 0 aliphatic rings. The number of pyridine rings is 3. The Morgan fingerprint density at radius 3 is 1.56 bits per heavy atom. The third-order valence-electron chi connectivity index (χ3n) is 10.6. The van der Waals surface area contributed by atoms with Gasteiger partial charge in [0.25, 0.3) is 0 Å². The number of benzene rings is 6. The molecule has 0 atom stereocenters. The van der Waals surface area contributed by atoms with E-state index in [4.69, 9.17) is 19.9 Å². The van der Waals surface area contributed by atoms with Crippen molar-refractivity contribution >= 4 is 43.5 Å². The van der Waals surface area contributed by atoms with E-state index in [1.807, 2.05) is 36.4 Å². The highest BCUT2D eigenvalue weighted by Gasteiger charge is 2.20. The molecule has 0 saturated heterocycles. The summed E-state index contributed by atoms with van der Waals surface area (Å²) >= 11 is 0. The van der Waals surface area contributed by atoms with Crippen molar-refractivity contribution in [1.82, 2.24) is 34.5 Å². The van der Waals surface area contributed by atoms with Crippen LogP contribution in [0.15, 0.2) is 188 Å². The number of aromatic nitrogens is 7. The first-order valence-electron chi connectivity index (χ1n) is 18.9. The predicted molar refractivity (Wildman–Crippen MR) is 230 cm³/mol. The summed E-state index contributed by atoms with van der Waals surface area (Å²) < 4.78 is 2.37. The van der Waals surface area contributed by atoms with Crippen LogP contribution < -0.4 is 0 Å². The van der Waals surface area contributed by atoms with Crippen molar-refractivity contribution in [1.29, 1.82) is 0 Å². The third kappa shape index (κ3) is 5.60. The average molecular weight is 730 g/mol. The molecule has 5 aromatic heterocycles. The van der Waals surface area contributed by atoms with Gasteiger partial charge in [0.05, 0.1) is 22.2 Å². The molecule has 0 unspecified atom stereocenters. The highest BCUT2D eigenvalue weighted by Crippen LogP contribution is 2.42. The molecule has 6 aromatic carbocycles. The predicted octanol–water partition coefficient (Wildman–Crippen LogP) is 11.8. The molecule has 11 rings (SSSR count). The van der Waals surface area contributed by atoms with E-state index in [0.717, 1.165) is 49.9 Å². The lowest BCUT2D eigenvalue weighted by atomic mass is 9.95. The zero-order valence-electron chi connectivity index (χ0n) is 30.5. The number of rotatable bonds is 6. The second-order valence-corrected chi connectivity index (χ2v) is 13.9. The summed E-state index contributed by atoms with van der Waals surface area (Å²) in [5.74, 6) is 1.56. The van der Waals surface area contributed by atoms with Crippen LogP contribution in [0.1, 0.15) is 0 Å². The van der Waals surface area contributed by atoms with E-state index in [-0.39, 0.29) is 0 Å². The summed E-state index contributed by atoms with van der Waals surface area (Å²) in [6, 6.07) is 60.8. The number of nitrogens with zero attached hydrogens (tertiary/aromatic N) is 7. The summed E-state index contributed by atoms with van der Waals surface area (Å²) in [5, 5.41) is 5.95. The Hall–Kier alpha value is -7.90. The van der Waals surface area contributed by atoms with Crippen LogP contribution in [-0.2, 0) is 0 Å². The molecule has 0 aliphatic heterocycles. The number of para-hydroxylation sites is 3. The van der Waals surface area contributed by atoms with Crippen molar-refractivity contribution in [2.75, 3.05) is 0 Å². The van der Waals surface area contributed by atoms with Gasteiger partial charge in [0.15, 0.2) is 17.5 Å². The summed E-state index contributed by atoms with van der Waals surface area (Å²) in [6.07, 6.45) is 3.48. The molecule has 57 heavy (non-hydrogen) atoms. The SMILES string of the molecule is c1ccc(-n2c3ccccc3c3c4c(ccc32)c(-c2ccc(-c3ccc(-c5nc(-c6ccccn6)nc(-c6ccccn6)n5)cc3)cc2)nc2ccccc24)cc1. The van der Waals surface area contributed by atoms with Gasteiger partial charge in [-0.05, 0) is 65.7 Å². The molecule has 11 aromatic rings. The first-order chi connectivity index (χ1) is 28.3. The Morgan fingerprint density at radius 1 is 0.333 bits per heavy atom. The normalized spacial score (nSPS) is 11.5. The van der Waals surface area contributed by atoms with Crippen LogP contribution >= 0.6 is 0 Å². The standard InChI is InChI=1S/C50H31N7/c1-2-12-36(13-3-1)57-43-19-7-5-15-38(43)46-44(57)29-28-39-45(46)37-14-4-6-16-40(37)53-47(39)34-24-20-32(21-25-34)33-22-26-35(27-23-33)48-54-49(41-17-8-10-30-51-41)56-50(55-48)42-18-9-11-31-52-42/h1-31H. The maximum atomic E-state index is 5.30. The quantitative estimate of drug-likeness (QED) is 0.158. The lowest BCUT2D eigenvalue weighted by Crippen LogP contribution is -2.01. The van der Waals surface area contributed by atoms with E-state index in [0.29, 0.717) is 28.9 Å². The lowest BCUT2D eigenvalue weighted by molar-refractivity contribution is 1.05. The number of hydrogen-bond acceptors (Lipinski definition) is 6. The van der Waals surface area contributed by atoms with Crippen LogP contribution in [0, 0.1) is 0 Å². The Labute approximate surface area is 327 Å². The fourth-order valence-electron chi connectivity index (χ4n) is 7.93. The molecule has 0 saturated carbocycles. The fraction of sp³-hybridized carbons (Fsp3) is 0. The molecule has 5 heterocycles. The van der Waals surface area contributed by atoms with E-state index >= 15 is 0 Å². The number of hydrogen-bond donors (Lipinski definition) is 0. The topological polar surface area (TPSA) is 82.3 Å². The second kappa shape index (κ2) is 13.4. The van der Waals surface area contributed by atoms with Gasteiger partial charge in [-0.15, -0.1) is 0 Å². The number of fused-ring (bicyclic) bond motifs is 7. The second-order valence-electron chi connectivity index (χ2n) is 13.9. The zero-order chi connectivity index (χ0) is 37.7. The maximum Gasteiger partial charge on any atom is 0.182 e. The van der Waals surface area contributed by atoms with Gasteiger partial charge in [0.2, 0.25) is 0 Å². The van der Waals surface area contributed by atoms with Crippen molar-refractivity contribution in [3.8, 4) is 62.5 Å². The minimum absolute atomic E-state index is 0.499. The first-order valence-corrected chi connectivity index (χ1v) is 18.9. The Bertz CT molecular complexity index is 3200. The molecule has 0 N–H and O–H groups in total. The smallest absolute Gasteiger partial charge is 0.182 e. The van der Waals surface area contributed by atoms with E-state index in [1.54, 1.807) is 12.4 Å². The molecule has 7 nitrogen and oxygen atoms in total. The van der Waals surface area contributed by atoms with Crippen LogP contribution in [0.2, 0.25) is 0 Å². The fourth-order valence-corrected chi connectivity index (χ4v) is 7.93.